The Balaban J connectivity index is 1.64. The van der Waals surface area contributed by atoms with Crippen LogP contribution in [0.15, 0.2) is 29.6 Å². The number of hydrogen-bond acceptors (Lipinski definition) is 7. The fourth-order valence-corrected chi connectivity index (χ4v) is 3.87. The van der Waals surface area contributed by atoms with Gasteiger partial charge in [0, 0.05) is 12.7 Å². The van der Waals surface area contributed by atoms with Gasteiger partial charge in [-0.15, -0.1) is 10.2 Å². The van der Waals surface area contributed by atoms with Crippen molar-refractivity contribution < 1.29 is 19.0 Å². The lowest BCUT2D eigenvalue weighted by atomic mass is 10.2. The number of halogens is 2. The van der Waals surface area contributed by atoms with E-state index >= 15 is 0 Å². The summed E-state index contributed by atoms with van der Waals surface area (Å²) >= 11 is 13.4. The smallest absolute Gasteiger partial charge is 0.230 e. The summed E-state index contributed by atoms with van der Waals surface area (Å²) in [5.74, 6) is 1.52. The fraction of sp³-hybridized carbons (Fsp3) is 0.278. The van der Waals surface area contributed by atoms with E-state index in [-0.39, 0.29) is 11.7 Å². The molecule has 2 aromatic heterocycles. The van der Waals surface area contributed by atoms with Crippen molar-refractivity contribution in [3.63, 3.8) is 0 Å². The van der Waals surface area contributed by atoms with Crippen LogP contribution in [-0.4, -0.2) is 47.6 Å². The zero-order chi connectivity index (χ0) is 21.0. The van der Waals surface area contributed by atoms with E-state index in [0.29, 0.717) is 44.6 Å². The molecule has 1 N–H and O–H groups in total. The van der Waals surface area contributed by atoms with E-state index < -0.39 is 0 Å². The predicted octanol–water partition coefficient (Wildman–Crippen LogP) is 3.47. The Hall–Kier alpha value is -2.36. The van der Waals surface area contributed by atoms with Crippen LogP contribution in [0.2, 0.25) is 10.0 Å². The van der Waals surface area contributed by atoms with Gasteiger partial charge < -0.3 is 19.5 Å². The van der Waals surface area contributed by atoms with Gasteiger partial charge in [0.2, 0.25) is 11.7 Å². The summed E-state index contributed by atoms with van der Waals surface area (Å²) in [5.41, 5.74) is 1.29. The van der Waals surface area contributed by atoms with Crippen LogP contribution < -0.4 is 19.5 Å². The lowest BCUT2D eigenvalue weighted by Crippen LogP contribution is -2.24. The summed E-state index contributed by atoms with van der Waals surface area (Å²) in [7, 11) is 4.61. The van der Waals surface area contributed by atoms with Crippen LogP contribution in [0.1, 0.15) is 5.56 Å². The second-order valence-corrected chi connectivity index (χ2v) is 7.57. The number of carbonyl (C=O) groups is 1. The third kappa shape index (κ3) is 4.80. The highest BCUT2D eigenvalue weighted by molar-refractivity contribution is 7.99. The molecule has 0 bridgehead atoms. The summed E-state index contributed by atoms with van der Waals surface area (Å²) in [5, 5.41) is 12.3. The average Bonchev–Trinajstić information content (AvgIpc) is 3.12. The number of hydrogen-bond donors (Lipinski definition) is 1. The van der Waals surface area contributed by atoms with Gasteiger partial charge in [-0.3, -0.25) is 9.20 Å². The summed E-state index contributed by atoms with van der Waals surface area (Å²) in [6.45, 7) is 0.300. The molecule has 29 heavy (non-hydrogen) atoms. The van der Waals surface area contributed by atoms with Crippen molar-refractivity contribution in [2.45, 2.75) is 11.7 Å². The number of ether oxygens (including phenoxy) is 3. The third-order valence-electron chi connectivity index (χ3n) is 3.94. The van der Waals surface area contributed by atoms with E-state index in [1.165, 1.54) is 33.1 Å². The number of fused-ring (bicyclic) bond motifs is 1. The Bertz CT molecular complexity index is 1020. The molecular formula is C18H18Cl2N4O4S. The molecule has 0 unspecified atom stereocenters. The molecule has 3 rings (SSSR count). The van der Waals surface area contributed by atoms with Gasteiger partial charge in [0.1, 0.15) is 0 Å². The molecule has 0 spiro atoms. The van der Waals surface area contributed by atoms with Gasteiger partial charge >= 0.3 is 0 Å². The van der Waals surface area contributed by atoms with E-state index in [9.17, 15) is 4.79 Å². The monoisotopic (exact) mass is 456 g/mol. The van der Waals surface area contributed by atoms with E-state index in [0.717, 1.165) is 5.56 Å². The van der Waals surface area contributed by atoms with Gasteiger partial charge in [0.05, 0.1) is 37.1 Å². The Labute approximate surface area is 181 Å². The Kier molecular flexibility index (Phi) is 6.94. The summed E-state index contributed by atoms with van der Waals surface area (Å²) < 4.78 is 17.6. The number of rotatable bonds is 8. The standard InChI is InChI=1S/C18H18Cl2N4O4S/c1-26-13-4-10(5-14(27-2)16(13)28-3)7-21-15(25)9-29-18-23-22-17-12(20)6-11(19)8-24(17)18/h4-6,8H,7,9H2,1-3H3,(H,21,25). The highest BCUT2D eigenvalue weighted by Gasteiger charge is 2.15. The number of thioether (sulfide) groups is 1. The minimum atomic E-state index is -0.173. The quantitative estimate of drug-likeness (QED) is 0.519. The first kappa shape index (κ1) is 21.4. The Morgan fingerprint density at radius 2 is 1.79 bits per heavy atom. The second kappa shape index (κ2) is 9.43. The minimum Gasteiger partial charge on any atom is -0.493 e. The molecule has 0 atom stereocenters. The van der Waals surface area contributed by atoms with Gasteiger partial charge in [-0.05, 0) is 23.8 Å². The molecule has 3 aromatic rings. The number of methoxy groups -OCH3 is 3. The van der Waals surface area contributed by atoms with Crippen molar-refractivity contribution in [2.24, 2.45) is 0 Å². The maximum absolute atomic E-state index is 12.3. The van der Waals surface area contributed by atoms with Gasteiger partial charge in [-0.2, -0.15) is 0 Å². The first-order chi connectivity index (χ1) is 14.0. The van der Waals surface area contributed by atoms with Crippen molar-refractivity contribution >= 4 is 46.5 Å². The Morgan fingerprint density at radius 3 is 2.41 bits per heavy atom. The maximum atomic E-state index is 12.3. The van der Waals surface area contributed by atoms with Crippen LogP contribution in [-0.2, 0) is 11.3 Å². The highest BCUT2D eigenvalue weighted by atomic mass is 35.5. The Morgan fingerprint density at radius 1 is 1.10 bits per heavy atom. The topological polar surface area (TPSA) is 87.0 Å². The zero-order valence-electron chi connectivity index (χ0n) is 15.9. The molecule has 1 aromatic carbocycles. The van der Waals surface area contributed by atoms with Crippen LogP contribution in [0.25, 0.3) is 5.65 Å². The molecule has 2 heterocycles. The van der Waals surface area contributed by atoms with Crippen LogP contribution >= 0.6 is 35.0 Å². The van der Waals surface area contributed by atoms with Crippen LogP contribution in [0, 0.1) is 0 Å². The van der Waals surface area contributed by atoms with Crippen molar-refractivity contribution in [1.29, 1.82) is 0 Å². The number of carbonyl (C=O) groups excluding carboxylic acids is 1. The lowest BCUT2D eigenvalue weighted by molar-refractivity contribution is -0.118. The van der Waals surface area contributed by atoms with Crippen LogP contribution in [0.5, 0.6) is 17.2 Å². The molecule has 0 aliphatic carbocycles. The maximum Gasteiger partial charge on any atom is 0.230 e. The molecule has 1 amide bonds. The summed E-state index contributed by atoms with van der Waals surface area (Å²) in [4.78, 5) is 12.3. The van der Waals surface area contributed by atoms with Crippen molar-refractivity contribution in [3.05, 3.63) is 40.0 Å². The normalized spacial score (nSPS) is 10.8. The molecule has 8 nitrogen and oxygen atoms in total. The van der Waals surface area contributed by atoms with Gasteiger partial charge in [-0.1, -0.05) is 35.0 Å². The van der Waals surface area contributed by atoms with Gasteiger partial charge in [-0.25, -0.2) is 0 Å². The number of benzene rings is 1. The van der Waals surface area contributed by atoms with Gasteiger partial charge in [0.25, 0.3) is 0 Å². The van der Waals surface area contributed by atoms with Crippen molar-refractivity contribution in [2.75, 3.05) is 27.1 Å². The largest absolute Gasteiger partial charge is 0.493 e. The molecule has 0 fully saturated rings. The average molecular weight is 457 g/mol. The SMILES string of the molecule is COc1cc(CNC(=O)CSc2nnc3c(Cl)cc(Cl)cn23)cc(OC)c1OC. The third-order valence-corrected chi connectivity index (χ3v) is 5.37. The van der Waals surface area contributed by atoms with Crippen LogP contribution in [0.4, 0.5) is 0 Å². The number of nitrogens with one attached hydrogen (secondary N) is 1. The van der Waals surface area contributed by atoms with E-state index in [2.05, 4.69) is 15.5 Å². The molecule has 0 saturated heterocycles. The fourth-order valence-electron chi connectivity index (χ4n) is 2.62. The molecule has 0 radical (unpaired) electrons. The predicted molar refractivity (Wildman–Crippen MR) is 112 cm³/mol. The molecule has 0 saturated carbocycles. The van der Waals surface area contributed by atoms with Gasteiger partial charge in [0.15, 0.2) is 22.3 Å². The first-order valence-electron chi connectivity index (χ1n) is 8.35. The van der Waals surface area contributed by atoms with E-state index in [1.807, 2.05) is 0 Å². The molecule has 11 heteroatoms. The lowest BCUT2D eigenvalue weighted by Gasteiger charge is -2.14. The molecule has 154 valence electrons. The summed E-state index contributed by atoms with van der Waals surface area (Å²) in [6, 6.07) is 5.15. The zero-order valence-corrected chi connectivity index (χ0v) is 18.2. The van der Waals surface area contributed by atoms with E-state index in [4.69, 9.17) is 37.4 Å². The van der Waals surface area contributed by atoms with Crippen molar-refractivity contribution in [1.82, 2.24) is 19.9 Å². The van der Waals surface area contributed by atoms with Crippen LogP contribution in [0.3, 0.4) is 0 Å². The molecular weight excluding hydrogens is 439 g/mol. The number of amides is 1. The first-order valence-corrected chi connectivity index (χ1v) is 10.1. The van der Waals surface area contributed by atoms with Crippen molar-refractivity contribution in [3.8, 4) is 17.2 Å². The van der Waals surface area contributed by atoms with E-state index in [1.54, 1.807) is 28.8 Å². The number of nitrogens with zero attached hydrogens (tertiary/aromatic N) is 3. The highest BCUT2D eigenvalue weighted by Crippen LogP contribution is 2.38. The second-order valence-electron chi connectivity index (χ2n) is 5.78. The minimum absolute atomic E-state index is 0.148. The summed E-state index contributed by atoms with van der Waals surface area (Å²) in [6.07, 6.45) is 1.65. The molecule has 0 aliphatic rings. The number of pyridine rings is 1. The molecule has 0 aliphatic heterocycles. The number of aromatic nitrogens is 3.